The van der Waals surface area contributed by atoms with Gasteiger partial charge < -0.3 is 60.8 Å². The lowest BCUT2D eigenvalue weighted by molar-refractivity contribution is -0.143. The van der Waals surface area contributed by atoms with E-state index in [2.05, 4.69) is 125 Å². The van der Waals surface area contributed by atoms with Gasteiger partial charge in [0, 0.05) is 17.8 Å². The third-order valence-corrected chi connectivity index (χ3v) is 29.8. The highest BCUT2D eigenvalue weighted by Gasteiger charge is 2.49. The number of carbonyl (C=O) groups excluding carboxylic acids is 1. The van der Waals surface area contributed by atoms with Gasteiger partial charge in [-0.05, 0) is 325 Å². The summed E-state index contributed by atoms with van der Waals surface area (Å²) in [5.74, 6) is 14.9. The second-order valence-electron chi connectivity index (χ2n) is 42.0. The SMILES string of the molecule is CC.CC.CC.CC.CC.CC.CC.CC.CC.CC(C)C1CCC(C(=O)O)CC1.CC(C)C1CCC(C(C)(C)C(N)=O)CC1.CC(C)C1CCC(C(C)(C)O)CC1.CC(C)C1CCC(CC(=O)O)CC1.CC(C)C1CCC(O)CC1.CC(C)C1CCCC(C(C)(C)O)C1.CC(C)C1CCCC(O)C1.CC(C)C1COC2C(O)CCC12.CC(C)C1COC2C(O)COC12. The zero-order valence-electron chi connectivity index (χ0n) is 93.5. The van der Waals surface area contributed by atoms with E-state index in [4.69, 9.17) is 30.2 Å². The van der Waals surface area contributed by atoms with Crippen molar-refractivity contribution in [1.82, 2.24) is 0 Å². The molecule has 11 fully saturated rings. The van der Waals surface area contributed by atoms with Crippen LogP contribution in [0.15, 0.2) is 0 Å². The van der Waals surface area contributed by atoms with E-state index in [1.54, 1.807) is 0 Å². The van der Waals surface area contributed by atoms with Crippen molar-refractivity contribution >= 4 is 17.8 Å². The van der Waals surface area contributed by atoms with E-state index in [9.17, 15) is 45.0 Å². The van der Waals surface area contributed by atoms with Crippen LogP contribution in [0.4, 0.5) is 0 Å². The van der Waals surface area contributed by atoms with Gasteiger partial charge in [-0.3, -0.25) is 14.4 Å². The summed E-state index contributed by atoms with van der Waals surface area (Å²) in [7, 11) is 0. The van der Waals surface area contributed by atoms with Gasteiger partial charge in [-0.1, -0.05) is 289 Å². The first kappa shape index (κ1) is 139. The van der Waals surface area contributed by atoms with Gasteiger partial charge in [0.1, 0.15) is 12.2 Å². The Morgan fingerprint density at radius 2 is 0.633 bits per heavy atom. The molecule has 0 aromatic heterocycles. The Balaban J connectivity index is -0.000000252. The van der Waals surface area contributed by atoms with Crippen molar-refractivity contribution in [3.05, 3.63) is 0 Å². The quantitative estimate of drug-likeness (QED) is 0.0696. The molecule has 8 aliphatic carbocycles. The predicted octanol–water partition coefficient (Wildman–Crippen LogP) is 30.3. The van der Waals surface area contributed by atoms with Crippen LogP contribution in [0.25, 0.3) is 0 Å². The third kappa shape index (κ3) is 57.9. The summed E-state index contributed by atoms with van der Waals surface area (Å²) in [4.78, 5) is 32.5. The molecule has 3 heterocycles. The zero-order valence-corrected chi connectivity index (χ0v) is 93.5. The van der Waals surface area contributed by atoms with E-state index in [0.717, 1.165) is 173 Å². The number of carbonyl (C=O) groups is 3. The summed E-state index contributed by atoms with van der Waals surface area (Å²) < 4.78 is 16.6. The lowest BCUT2D eigenvalue weighted by atomic mass is 9.67. The molecule has 11 aliphatic rings. The van der Waals surface area contributed by atoms with E-state index in [1.807, 2.05) is 166 Å². The number of ether oxygens (including phenoxy) is 3. The van der Waals surface area contributed by atoms with Crippen LogP contribution in [0.5, 0.6) is 0 Å². The summed E-state index contributed by atoms with van der Waals surface area (Å²) in [5, 5.41) is 74.8. The highest BCUT2D eigenvalue weighted by Crippen LogP contribution is 2.46. The Morgan fingerprint density at radius 3 is 0.961 bits per heavy atom. The first-order valence-corrected chi connectivity index (χ1v) is 54.9. The van der Waals surface area contributed by atoms with Crippen molar-refractivity contribution in [2.45, 2.75) is 544 Å². The van der Waals surface area contributed by atoms with Crippen LogP contribution in [0, 0.1) is 147 Å². The third-order valence-electron chi connectivity index (χ3n) is 29.8. The van der Waals surface area contributed by atoms with Gasteiger partial charge in [0.05, 0.1) is 67.5 Å². The molecular formula is C113H235NO14. The van der Waals surface area contributed by atoms with Crippen LogP contribution in [-0.2, 0) is 28.6 Å². The molecule has 128 heavy (non-hydrogen) atoms. The topological polar surface area (TPSA) is 267 Å². The number of aliphatic carboxylic acids is 2. The van der Waals surface area contributed by atoms with E-state index in [1.165, 1.54) is 116 Å². The normalized spacial score (nSPS) is 30.1. The molecule has 11 rings (SSSR count). The van der Waals surface area contributed by atoms with Gasteiger partial charge in [0.15, 0.2) is 0 Å². The predicted molar refractivity (Wildman–Crippen MR) is 555 cm³/mol. The fraction of sp³-hybridized carbons (Fsp3) is 0.973. The Bertz CT molecular complexity index is 2390. The standard InChI is InChI=1S/C13H25NO.2C12H24O.C11H20O2.2C10H18O2.C9H16O3.2C9H18O.9C2H6/c1-9(2)10-5-7-11(8-6-10)13(3,4)12(14)15;1-9(2)10-5-7-11(8-6-10)12(3,4)13;1-9(2)10-6-5-7-11(8-10)12(3,4)13;1-8(2)10-5-3-9(4-6-10)7-11(12)13;1-6(2)8-5-12-10-7(8)3-4-9(10)11;1-7(2)8-3-5-9(6-4-8)10(11)12;1-5(2)6-3-11-9-7(10)4-12-8(6)9;1-7(2)8-3-5-9(10)6-4-8;1-7(2)8-4-3-5-9(10)6-8;9*1-2/h9-11H,5-8H2,1-4H3,(H2,14,15);2*9-11,13H,5-8H2,1-4H3;8-10H,3-7H2,1-2H3,(H,12,13);6-11H,3-5H2,1-2H3;7-9H,3-6H2,1-2H3,(H,11,12);5-10H,3-4H2,1-2H3;2*7-10H,3-6H2,1-2H3;9*1-2H3. The molecule has 12 atom stereocenters. The molecule has 0 aromatic carbocycles. The highest BCUT2D eigenvalue weighted by molar-refractivity contribution is 5.80. The number of aliphatic hydroxyl groups excluding tert-OH is 4. The van der Waals surface area contributed by atoms with Crippen molar-refractivity contribution in [2.24, 2.45) is 153 Å². The summed E-state index contributed by atoms with van der Waals surface area (Å²) in [6.45, 7) is 90.6. The van der Waals surface area contributed by atoms with Crippen LogP contribution >= 0.6 is 0 Å². The average Bonchev–Trinajstić information content (AvgIpc) is 1.66. The summed E-state index contributed by atoms with van der Waals surface area (Å²) >= 11 is 0. The molecule has 15 nitrogen and oxygen atoms in total. The minimum Gasteiger partial charge on any atom is -0.481 e. The molecular weight excluding hydrogens is 1600 g/mol. The number of aliphatic hydroxyl groups is 6. The van der Waals surface area contributed by atoms with Crippen molar-refractivity contribution in [3.63, 3.8) is 0 Å². The van der Waals surface area contributed by atoms with Gasteiger partial charge in [0.25, 0.3) is 0 Å². The maximum atomic E-state index is 11.4. The number of carboxylic acids is 2. The summed E-state index contributed by atoms with van der Waals surface area (Å²) in [6.07, 6.45) is 35.0. The van der Waals surface area contributed by atoms with Crippen LogP contribution in [0.1, 0.15) is 490 Å². The molecule has 10 N–H and O–H groups in total. The highest BCUT2D eigenvalue weighted by atomic mass is 16.6. The molecule has 776 valence electrons. The van der Waals surface area contributed by atoms with Gasteiger partial charge in [-0.2, -0.15) is 0 Å². The molecule has 0 radical (unpaired) electrons. The van der Waals surface area contributed by atoms with Gasteiger partial charge in [-0.15, -0.1) is 0 Å². The Labute approximate surface area is 799 Å². The number of amides is 1. The van der Waals surface area contributed by atoms with Crippen LogP contribution in [0.2, 0.25) is 0 Å². The number of fused-ring (bicyclic) bond motifs is 2. The summed E-state index contributed by atoms with van der Waals surface area (Å²) in [5.41, 5.74) is 4.22. The Hall–Kier alpha value is -1.95. The number of carboxylic acid groups (broad SMARTS) is 2. The smallest absolute Gasteiger partial charge is 0.306 e. The maximum absolute atomic E-state index is 11.4. The Kier molecular flexibility index (Phi) is 87.0. The number of hydrogen-bond acceptors (Lipinski definition) is 12. The van der Waals surface area contributed by atoms with E-state index in [0.29, 0.717) is 66.3 Å². The fourth-order valence-electron chi connectivity index (χ4n) is 20.4. The van der Waals surface area contributed by atoms with Crippen LogP contribution in [0.3, 0.4) is 0 Å². The van der Waals surface area contributed by atoms with Crippen molar-refractivity contribution in [1.29, 1.82) is 0 Å². The van der Waals surface area contributed by atoms with Crippen LogP contribution in [-0.4, -0.2) is 132 Å². The molecule has 0 spiro atoms. The van der Waals surface area contributed by atoms with Crippen molar-refractivity contribution in [3.8, 4) is 0 Å². The van der Waals surface area contributed by atoms with Gasteiger partial charge in [0.2, 0.25) is 5.91 Å². The van der Waals surface area contributed by atoms with Gasteiger partial charge in [-0.25, -0.2) is 0 Å². The lowest BCUT2D eigenvalue weighted by Gasteiger charge is -2.38. The Morgan fingerprint density at radius 1 is 0.312 bits per heavy atom. The molecule has 3 saturated heterocycles. The zero-order chi connectivity index (χ0) is 101. The molecule has 12 unspecified atom stereocenters. The molecule has 0 bridgehead atoms. The fourth-order valence-corrected chi connectivity index (χ4v) is 20.4. The second kappa shape index (κ2) is 80.0. The molecule has 8 saturated carbocycles. The monoisotopic (exact) mass is 1830 g/mol. The second-order valence-corrected chi connectivity index (χ2v) is 42.0. The van der Waals surface area contributed by atoms with Crippen molar-refractivity contribution < 1.29 is 69.4 Å². The maximum Gasteiger partial charge on any atom is 0.306 e. The first-order chi connectivity index (χ1) is 60.2. The minimum atomic E-state index is -0.631. The van der Waals surface area contributed by atoms with Crippen molar-refractivity contribution in [2.75, 3.05) is 19.8 Å². The lowest BCUT2D eigenvalue weighted by Crippen LogP contribution is -2.40. The molecule has 0 aromatic rings. The van der Waals surface area contributed by atoms with E-state index >= 15 is 0 Å². The average molecular weight is 1830 g/mol. The largest absolute Gasteiger partial charge is 0.481 e. The number of rotatable bonds is 16. The summed E-state index contributed by atoms with van der Waals surface area (Å²) in [6, 6.07) is 0. The number of nitrogens with two attached hydrogens (primary N) is 1. The first-order valence-electron chi connectivity index (χ1n) is 54.9. The number of hydrogen-bond donors (Lipinski definition) is 9. The molecule has 1 amide bonds. The number of primary amides is 1. The van der Waals surface area contributed by atoms with E-state index in [-0.39, 0.29) is 53.9 Å². The van der Waals surface area contributed by atoms with E-state index < -0.39 is 29.2 Å². The molecule has 15 heteroatoms. The van der Waals surface area contributed by atoms with Gasteiger partial charge >= 0.3 is 11.9 Å². The minimum absolute atomic E-state index is 0.00106. The van der Waals surface area contributed by atoms with Crippen LogP contribution < -0.4 is 5.73 Å². The molecule has 3 aliphatic heterocycles.